The average molecular weight is 411 g/mol. The lowest BCUT2D eigenvalue weighted by Crippen LogP contribution is -2.57. The van der Waals surface area contributed by atoms with E-state index in [2.05, 4.69) is 5.32 Å². The first-order valence-electron chi connectivity index (χ1n) is 9.33. The van der Waals surface area contributed by atoms with Gasteiger partial charge >= 0.3 is 0 Å². The van der Waals surface area contributed by atoms with E-state index in [-0.39, 0.29) is 30.4 Å². The highest BCUT2D eigenvalue weighted by Crippen LogP contribution is 2.25. The number of hydrogen-bond donors (Lipinski definition) is 2. The quantitative estimate of drug-likeness (QED) is 0.668. The van der Waals surface area contributed by atoms with Crippen LogP contribution in [0.1, 0.15) is 38.5 Å². The van der Waals surface area contributed by atoms with Crippen LogP contribution in [0.15, 0.2) is 0 Å². The molecule has 0 bridgehead atoms. The monoisotopic (exact) mass is 410 g/mol. The minimum absolute atomic E-state index is 0. The second-order valence-corrected chi connectivity index (χ2v) is 9.38. The van der Waals surface area contributed by atoms with Crippen LogP contribution in [-0.2, 0) is 15.0 Å². The molecule has 2 unspecified atom stereocenters. The van der Waals surface area contributed by atoms with Gasteiger partial charge in [0.05, 0.1) is 12.1 Å². The number of carbonyl (C=O) groups excluding carboxylic acids is 1. The Morgan fingerprint density at radius 1 is 1.12 bits per heavy atom. The van der Waals surface area contributed by atoms with Crippen LogP contribution in [0.5, 0.6) is 0 Å². The third kappa shape index (κ3) is 4.69. The lowest BCUT2D eigenvalue weighted by molar-refractivity contribution is -0.134. The van der Waals surface area contributed by atoms with Crippen LogP contribution in [0, 0.1) is 0 Å². The molecule has 3 fully saturated rings. The van der Waals surface area contributed by atoms with Crippen molar-refractivity contribution in [2.24, 2.45) is 0 Å². The van der Waals surface area contributed by atoms with E-state index in [0.29, 0.717) is 39.1 Å². The molecule has 0 aromatic rings. The minimum atomic E-state index is -3.47. The second kappa shape index (κ2) is 9.16. The van der Waals surface area contributed by atoms with Gasteiger partial charge in [0.1, 0.15) is 0 Å². The molecule has 2 saturated heterocycles. The number of β-amino-alcohol motifs (C(OH)–C–C–N with tert-alkyl or cyclic N) is 1. The van der Waals surface area contributed by atoms with Gasteiger partial charge in [-0.2, -0.15) is 17.0 Å². The maximum Gasteiger partial charge on any atom is 0.282 e. The van der Waals surface area contributed by atoms with Crippen molar-refractivity contribution in [2.75, 3.05) is 39.8 Å². The average Bonchev–Trinajstić information content (AvgIpc) is 3.07. The van der Waals surface area contributed by atoms with Gasteiger partial charge in [0, 0.05) is 45.8 Å². The minimum Gasteiger partial charge on any atom is -0.392 e. The van der Waals surface area contributed by atoms with E-state index in [1.165, 1.54) is 10.7 Å². The van der Waals surface area contributed by atoms with Crippen molar-refractivity contribution < 1.29 is 18.3 Å². The molecule has 0 spiro atoms. The van der Waals surface area contributed by atoms with E-state index >= 15 is 0 Å². The fourth-order valence-corrected chi connectivity index (χ4v) is 5.66. The van der Waals surface area contributed by atoms with Gasteiger partial charge in [0.25, 0.3) is 10.2 Å². The topological polar surface area (TPSA) is 93.2 Å². The molecule has 8 nitrogen and oxygen atoms in total. The van der Waals surface area contributed by atoms with Crippen LogP contribution in [0.2, 0.25) is 0 Å². The summed E-state index contributed by atoms with van der Waals surface area (Å²) in [5.41, 5.74) is 0. The Hall–Kier alpha value is -0.450. The first-order valence-corrected chi connectivity index (χ1v) is 10.7. The molecule has 1 aliphatic carbocycles. The largest absolute Gasteiger partial charge is 0.392 e. The van der Waals surface area contributed by atoms with Gasteiger partial charge in [-0.3, -0.25) is 4.79 Å². The third-order valence-corrected chi connectivity index (χ3v) is 7.78. The van der Waals surface area contributed by atoms with Crippen LogP contribution < -0.4 is 5.32 Å². The number of nitrogens with one attached hydrogen (secondary N) is 1. The zero-order valence-electron chi connectivity index (χ0n) is 15.3. The summed E-state index contributed by atoms with van der Waals surface area (Å²) in [6.07, 6.45) is 5.20. The Morgan fingerprint density at radius 3 is 2.27 bits per heavy atom. The van der Waals surface area contributed by atoms with Gasteiger partial charge in [-0.1, -0.05) is 19.3 Å². The van der Waals surface area contributed by atoms with Gasteiger partial charge in [0.15, 0.2) is 0 Å². The molecule has 2 aliphatic heterocycles. The van der Waals surface area contributed by atoms with Crippen molar-refractivity contribution in [3.8, 4) is 0 Å². The Bertz CT molecular complexity index is 577. The van der Waals surface area contributed by atoms with Gasteiger partial charge in [-0.15, -0.1) is 12.4 Å². The number of amides is 1. The molecule has 26 heavy (non-hydrogen) atoms. The highest BCUT2D eigenvalue weighted by atomic mass is 35.5. The summed E-state index contributed by atoms with van der Waals surface area (Å²) in [5.74, 6) is -0.0331. The summed E-state index contributed by atoms with van der Waals surface area (Å²) in [6, 6.07) is -0.245. The number of piperazine rings is 1. The highest BCUT2D eigenvalue weighted by molar-refractivity contribution is 7.86. The molecular formula is C16H31ClN4O4S. The zero-order chi connectivity index (χ0) is 18.0. The zero-order valence-corrected chi connectivity index (χ0v) is 17.0. The van der Waals surface area contributed by atoms with Crippen LogP contribution in [-0.4, -0.2) is 90.9 Å². The van der Waals surface area contributed by atoms with E-state index in [1.54, 1.807) is 16.3 Å². The van der Waals surface area contributed by atoms with Crippen LogP contribution >= 0.6 is 12.4 Å². The smallest absolute Gasteiger partial charge is 0.282 e. The number of halogens is 1. The van der Waals surface area contributed by atoms with Crippen molar-refractivity contribution in [1.82, 2.24) is 18.8 Å². The highest BCUT2D eigenvalue weighted by Gasteiger charge is 2.37. The molecule has 152 valence electrons. The fourth-order valence-electron chi connectivity index (χ4n) is 4.08. The number of aliphatic hydroxyl groups is 1. The van der Waals surface area contributed by atoms with E-state index < -0.39 is 16.3 Å². The first-order chi connectivity index (χ1) is 11.9. The van der Waals surface area contributed by atoms with Gasteiger partial charge in [-0.05, 0) is 19.3 Å². The molecule has 0 aromatic carbocycles. The maximum absolute atomic E-state index is 12.9. The van der Waals surface area contributed by atoms with Crippen LogP contribution in [0.25, 0.3) is 0 Å². The molecule has 3 rings (SSSR count). The van der Waals surface area contributed by atoms with Crippen LogP contribution in [0.4, 0.5) is 0 Å². The van der Waals surface area contributed by atoms with E-state index in [9.17, 15) is 18.3 Å². The van der Waals surface area contributed by atoms with Crippen molar-refractivity contribution >= 4 is 28.5 Å². The van der Waals surface area contributed by atoms with Gasteiger partial charge in [-0.25, -0.2) is 0 Å². The van der Waals surface area contributed by atoms with Crippen molar-refractivity contribution in [1.29, 1.82) is 0 Å². The predicted octanol–water partition coefficient (Wildman–Crippen LogP) is -0.215. The first kappa shape index (κ1) is 21.8. The molecule has 1 saturated carbocycles. The molecule has 1 amide bonds. The summed E-state index contributed by atoms with van der Waals surface area (Å²) >= 11 is 0. The summed E-state index contributed by atoms with van der Waals surface area (Å²) in [5, 5.41) is 12.6. The molecule has 2 atom stereocenters. The van der Waals surface area contributed by atoms with E-state index in [1.807, 2.05) is 0 Å². The lowest BCUT2D eigenvalue weighted by atomic mass is 9.96. The molecule has 10 heteroatoms. The number of carbonyl (C=O) groups is 1. The van der Waals surface area contributed by atoms with Crippen LogP contribution in [0.3, 0.4) is 0 Å². The van der Waals surface area contributed by atoms with E-state index in [4.69, 9.17) is 0 Å². The molecule has 2 heterocycles. The van der Waals surface area contributed by atoms with E-state index in [0.717, 1.165) is 25.7 Å². The SMILES string of the molecule is CN(C1CCCCC1)S(=O)(=O)N1CCN(C(=O)C2CC(O)CN2)CC1.Cl. The number of aliphatic hydroxyl groups excluding tert-OH is 1. The number of hydrogen-bond acceptors (Lipinski definition) is 5. The Kier molecular flexibility index (Phi) is 7.70. The number of rotatable bonds is 4. The Morgan fingerprint density at radius 2 is 1.73 bits per heavy atom. The van der Waals surface area contributed by atoms with Crippen molar-refractivity contribution in [3.05, 3.63) is 0 Å². The van der Waals surface area contributed by atoms with Gasteiger partial charge < -0.3 is 15.3 Å². The normalized spacial score (nSPS) is 29.0. The Balaban J connectivity index is 0.00000243. The molecule has 0 aromatic heterocycles. The molecule has 3 aliphatic rings. The van der Waals surface area contributed by atoms with Crippen molar-refractivity contribution in [3.63, 3.8) is 0 Å². The molecule has 0 radical (unpaired) electrons. The summed E-state index contributed by atoms with van der Waals surface area (Å²) in [4.78, 5) is 14.2. The van der Waals surface area contributed by atoms with Crippen molar-refractivity contribution in [2.45, 2.75) is 56.7 Å². The Labute approximate surface area is 162 Å². The maximum atomic E-state index is 12.9. The van der Waals surface area contributed by atoms with Gasteiger partial charge in [0.2, 0.25) is 5.91 Å². The molecule has 2 N–H and O–H groups in total. The summed E-state index contributed by atoms with van der Waals surface area (Å²) in [6.45, 7) is 1.92. The fraction of sp³-hybridized carbons (Fsp3) is 0.938. The summed E-state index contributed by atoms with van der Waals surface area (Å²) < 4.78 is 28.8. The second-order valence-electron chi connectivity index (χ2n) is 7.39. The predicted molar refractivity (Wildman–Crippen MR) is 101 cm³/mol. The lowest BCUT2D eigenvalue weighted by Gasteiger charge is -2.39. The standard InChI is InChI=1S/C16H30N4O4S.ClH/c1-18(13-5-3-2-4-6-13)25(23,24)20-9-7-19(8-10-20)16(22)15-11-14(21)12-17-15;/h13-15,17,21H,2-12H2,1H3;1H. The summed E-state index contributed by atoms with van der Waals surface area (Å²) in [7, 11) is -1.78. The molecular weight excluding hydrogens is 380 g/mol. The third-order valence-electron chi connectivity index (χ3n) is 5.74. The number of nitrogens with zero attached hydrogens (tertiary/aromatic N) is 3.